The van der Waals surface area contributed by atoms with Crippen molar-refractivity contribution in [3.63, 3.8) is 0 Å². The van der Waals surface area contributed by atoms with E-state index in [-0.39, 0.29) is 23.6 Å². The largest absolute Gasteiger partial charge is 0.350 e. The van der Waals surface area contributed by atoms with Gasteiger partial charge in [0.05, 0.1) is 5.69 Å². The summed E-state index contributed by atoms with van der Waals surface area (Å²) in [5.74, 6) is -0.599. The van der Waals surface area contributed by atoms with Crippen molar-refractivity contribution in [2.45, 2.75) is 19.9 Å². The molecule has 1 heterocycles. The number of halogens is 1. The van der Waals surface area contributed by atoms with Gasteiger partial charge in [0.2, 0.25) is 0 Å². The van der Waals surface area contributed by atoms with Crippen LogP contribution < -0.4 is 10.6 Å². The Morgan fingerprint density at radius 3 is 2.55 bits per heavy atom. The number of amides is 2. The van der Waals surface area contributed by atoms with E-state index in [2.05, 4.69) is 31.5 Å². The van der Waals surface area contributed by atoms with Crippen LogP contribution in [0, 0.1) is 0 Å². The first-order valence-corrected chi connectivity index (χ1v) is 7.59. The molecule has 2 rings (SSSR count). The fourth-order valence-corrected chi connectivity index (χ4v) is 2.17. The summed E-state index contributed by atoms with van der Waals surface area (Å²) in [5.41, 5.74) is 1.24. The fraction of sp³-hybridized carbons (Fsp3) is 0.188. The molecule has 0 saturated heterocycles. The number of aromatic nitrogens is 1. The number of nitrogens with one attached hydrogen (secondary N) is 2. The summed E-state index contributed by atoms with van der Waals surface area (Å²) in [4.78, 5) is 28.2. The Morgan fingerprint density at radius 2 is 1.86 bits per heavy atom. The van der Waals surface area contributed by atoms with Gasteiger partial charge in [0.1, 0.15) is 5.69 Å². The highest BCUT2D eigenvalue weighted by Gasteiger charge is 2.13. The van der Waals surface area contributed by atoms with Crippen LogP contribution in [-0.4, -0.2) is 22.8 Å². The third kappa shape index (κ3) is 4.14. The first-order valence-electron chi connectivity index (χ1n) is 6.80. The number of benzene rings is 1. The van der Waals surface area contributed by atoms with Crippen molar-refractivity contribution in [1.82, 2.24) is 10.3 Å². The van der Waals surface area contributed by atoms with Crippen LogP contribution in [0.4, 0.5) is 5.69 Å². The molecule has 0 saturated carbocycles. The molecule has 5 nitrogen and oxygen atoms in total. The highest BCUT2D eigenvalue weighted by atomic mass is 79.9. The van der Waals surface area contributed by atoms with Gasteiger partial charge in [0, 0.05) is 22.3 Å². The average Bonchev–Trinajstić information content (AvgIpc) is 2.49. The number of pyridine rings is 1. The van der Waals surface area contributed by atoms with Gasteiger partial charge in [-0.25, -0.2) is 0 Å². The summed E-state index contributed by atoms with van der Waals surface area (Å²) < 4.78 is 0.775. The molecule has 0 atom stereocenters. The van der Waals surface area contributed by atoms with Crippen LogP contribution in [0.1, 0.15) is 34.7 Å². The molecule has 2 aromatic rings. The monoisotopic (exact) mass is 361 g/mol. The zero-order valence-electron chi connectivity index (χ0n) is 12.3. The predicted octanol–water partition coefficient (Wildman–Crippen LogP) is 3.23. The molecule has 1 aromatic carbocycles. The minimum atomic E-state index is -0.369. The molecule has 0 radical (unpaired) electrons. The zero-order valence-corrected chi connectivity index (χ0v) is 13.8. The second-order valence-corrected chi connectivity index (χ2v) is 5.85. The summed E-state index contributed by atoms with van der Waals surface area (Å²) in [5, 5.41) is 5.53. The van der Waals surface area contributed by atoms with Gasteiger partial charge in [-0.15, -0.1) is 0 Å². The van der Waals surface area contributed by atoms with Crippen molar-refractivity contribution < 1.29 is 9.59 Å². The van der Waals surface area contributed by atoms with Crippen molar-refractivity contribution >= 4 is 33.4 Å². The third-order valence-electron chi connectivity index (χ3n) is 2.80. The van der Waals surface area contributed by atoms with E-state index < -0.39 is 0 Å². The molecule has 114 valence electrons. The number of hydrogen-bond donors (Lipinski definition) is 2. The number of rotatable bonds is 4. The maximum Gasteiger partial charge on any atom is 0.274 e. The van der Waals surface area contributed by atoms with Gasteiger partial charge in [-0.2, -0.15) is 0 Å². The van der Waals surface area contributed by atoms with Gasteiger partial charge in [-0.3, -0.25) is 14.6 Å². The highest BCUT2D eigenvalue weighted by molar-refractivity contribution is 9.10. The first kappa shape index (κ1) is 16.2. The van der Waals surface area contributed by atoms with Crippen LogP contribution in [0.2, 0.25) is 0 Å². The van der Waals surface area contributed by atoms with Crippen molar-refractivity contribution in [1.29, 1.82) is 0 Å². The topological polar surface area (TPSA) is 71.1 Å². The minimum Gasteiger partial charge on any atom is -0.350 e. The van der Waals surface area contributed by atoms with Crippen LogP contribution in [0.15, 0.2) is 47.1 Å². The molecule has 1 aromatic heterocycles. The van der Waals surface area contributed by atoms with E-state index in [0.29, 0.717) is 11.3 Å². The van der Waals surface area contributed by atoms with E-state index in [4.69, 9.17) is 0 Å². The molecule has 22 heavy (non-hydrogen) atoms. The lowest BCUT2D eigenvalue weighted by Gasteiger charge is -2.10. The van der Waals surface area contributed by atoms with Crippen LogP contribution in [0.3, 0.4) is 0 Å². The molecule has 0 aliphatic carbocycles. The second kappa shape index (κ2) is 7.17. The van der Waals surface area contributed by atoms with Crippen molar-refractivity contribution in [3.05, 3.63) is 58.3 Å². The molecule has 0 fully saturated rings. The molecule has 0 unspecified atom stereocenters. The Balaban J connectivity index is 2.17. The summed E-state index contributed by atoms with van der Waals surface area (Å²) in [6.45, 7) is 3.75. The van der Waals surface area contributed by atoms with Crippen LogP contribution in [0.5, 0.6) is 0 Å². The SMILES string of the molecule is CC(C)NC(=O)c1ccnc(C(=O)Nc2ccccc2Br)c1. The number of hydrogen-bond acceptors (Lipinski definition) is 3. The predicted molar refractivity (Wildman–Crippen MR) is 88.9 cm³/mol. The van der Waals surface area contributed by atoms with Crippen LogP contribution in [0.25, 0.3) is 0 Å². The molecule has 2 N–H and O–H groups in total. The molecule has 0 spiro atoms. The van der Waals surface area contributed by atoms with E-state index in [1.54, 1.807) is 12.1 Å². The lowest BCUT2D eigenvalue weighted by atomic mass is 10.2. The van der Waals surface area contributed by atoms with E-state index in [1.807, 2.05) is 32.0 Å². The average molecular weight is 362 g/mol. The number of carbonyl (C=O) groups is 2. The van der Waals surface area contributed by atoms with Crippen molar-refractivity contribution in [3.8, 4) is 0 Å². The van der Waals surface area contributed by atoms with Gasteiger partial charge < -0.3 is 10.6 Å². The standard InChI is InChI=1S/C16H16BrN3O2/c1-10(2)19-15(21)11-7-8-18-14(9-11)16(22)20-13-6-4-3-5-12(13)17/h3-10H,1-2H3,(H,19,21)(H,20,22). The summed E-state index contributed by atoms with van der Waals surface area (Å²) >= 11 is 3.36. The molecule has 0 aliphatic rings. The molecule has 0 aliphatic heterocycles. The lowest BCUT2D eigenvalue weighted by molar-refractivity contribution is 0.0943. The number of para-hydroxylation sites is 1. The van der Waals surface area contributed by atoms with Gasteiger partial charge in [-0.05, 0) is 54.0 Å². The lowest BCUT2D eigenvalue weighted by Crippen LogP contribution is -2.30. The second-order valence-electron chi connectivity index (χ2n) is 4.99. The maximum atomic E-state index is 12.2. The number of anilines is 1. The Hall–Kier alpha value is -2.21. The maximum absolute atomic E-state index is 12.2. The minimum absolute atomic E-state index is 0.0261. The quantitative estimate of drug-likeness (QED) is 0.877. The smallest absolute Gasteiger partial charge is 0.274 e. The number of carbonyl (C=O) groups excluding carboxylic acids is 2. The van der Waals surface area contributed by atoms with Crippen molar-refractivity contribution in [2.75, 3.05) is 5.32 Å². The Morgan fingerprint density at radius 1 is 1.14 bits per heavy atom. The van der Waals surface area contributed by atoms with Gasteiger partial charge in [-0.1, -0.05) is 12.1 Å². The van der Waals surface area contributed by atoms with E-state index in [9.17, 15) is 9.59 Å². The first-order chi connectivity index (χ1) is 10.5. The molecule has 6 heteroatoms. The molecule has 2 amide bonds. The van der Waals surface area contributed by atoms with Crippen LogP contribution in [-0.2, 0) is 0 Å². The molecular formula is C16H16BrN3O2. The fourth-order valence-electron chi connectivity index (χ4n) is 1.79. The van der Waals surface area contributed by atoms with Crippen LogP contribution >= 0.6 is 15.9 Å². The van der Waals surface area contributed by atoms with Gasteiger partial charge in [0.15, 0.2) is 0 Å². The van der Waals surface area contributed by atoms with E-state index in [0.717, 1.165) is 4.47 Å². The van der Waals surface area contributed by atoms with E-state index >= 15 is 0 Å². The Kier molecular flexibility index (Phi) is 5.27. The van der Waals surface area contributed by atoms with Gasteiger partial charge in [0.25, 0.3) is 11.8 Å². The molecule has 0 bridgehead atoms. The summed E-state index contributed by atoms with van der Waals surface area (Å²) in [7, 11) is 0. The Labute approximate surface area is 137 Å². The van der Waals surface area contributed by atoms with Crippen molar-refractivity contribution in [2.24, 2.45) is 0 Å². The normalized spacial score (nSPS) is 10.4. The molecular weight excluding hydrogens is 346 g/mol. The summed E-state index contributed by atoms with van der Waals surface area (Å²) in [6.07, 6.45) is 1.45. The highest BCUT2D eigenvalue weighted by Crippen LogP contribution is 2.21. The number of nitrogens with zero attached hydrogens (tertiary/aromatic N) is 1. The van der Waals surface area contributed by atoms with E-state index in [1.165, 1.54) is 12.3 Å². The summed E-state index contributed by atoms with van der Waals surface area (Å²) in [6, 6.07) is 10.4. The van der Waals surface area contributed by atoms with Gasteiger partial charge >= 0.3 is 0 Å². The zero-order chi connectivity index (χ0) is 16.1. The Bertz CT molecular complexity index is 701. The third-order valence-corrected chi connectivity index (χ3v) is 3.49.